The molecule has 3 N–H and O–H groups in total. The molecule has 1 aromatic carbocycles. The lowest BCUT2D eigenvalue weighted by molar-refractivity contribution is -0.146. The quantitative estimate of drug-likeness (QED) is 0.611. The van der Waals surface area contributed by atoms with Gasteiger partial charge in [0, 0.05) is 10.6 Å². The fourth-order valence-electron chi connectivity index (χ4n) is 5.34. The number of fused-ring (bicyclic) bond motifs is 3. The Kier molecular flexibility index (Phi) is 4.93. The molecule has 2 amide bonds. The van der Waals surface area contributed by atoms with Crippen LogP contribution in [0.25, 0.3) is 0 Å². The van der Waals surface area contributed by atoms with Crippen molar-refractivity contribution in [3.63, 3.8) is 0 Å². The SMILES string of the molecule is Cc1ccccc1NC(=O)c1c(NC(=O)[C@H]2[C@H](C(=O)O)[C@H]3C=C[C@H]2C3)sc2c1CCC2. The van der Waals surface area contributed by atoms with Crippen LogP contribution >= 0.6 is 11.3 Å². The summed E-state index contributed by atoms with van der Waals surface area (Å²) >= 11 is 1.45. The Morgan fingerprint density at radius 2 is 1.77 bits per heavy atom. The summed E-state index contributed by atoms with van der Waals surface area (Å²) in [6.07, 6.45) is 7.31. The second-order valence-corrected chi connectivity index (χ2v) is 9.76. The molecule has 160 valence electrons. The third-order valence-electron chi connectivity index (χ3n) is 6.83. The summed E-state index contributed by atoms with van der Waals surface area (Å²) < 4.78 is 0. The van der Waals surface area contributed by atoms with Crippen LogP contribution in [0.4, 0.5) is 10.7 Å². The summed E-state index contributed by atoms with van der Waals surface area (Å²) in [7, 11) is 0. The fourth-order valence-corrected chi connectivity index (χ4v) is 6.63. The molecule has 1 saturated carbocycles. The van der Waals surface area contributed by atoms with Crippen molar-refractivity contribution < 1.29 is 19.5 Å². The van der Waals surface area contributed by atoms with Gasteiger partial charge in [0.2, 0.25) is 5.91 Å². The summed E-state index contributed by atoms with van der Waals surface area (Å²) in [5, 5.41) is 16.2. The molecule has 4 atom stereocenters. The molecule has 1 heterocycles. The molecule has 6 nitrogen and oxygen atoms in total. The number of para-hydroxylation sites is 1. The number of nitrogens with one attached hydrogen (secondary N) is 2. The predicted octanol–water partition coefficient (Wildman–Crippen LogP) is 4.26. The van der Waals surface area contributed by atoms with Crippen molar-refractivity contribution in [1.29, 1.82) is 0 Å². The summed E-state index contributed by atoms with van der Waals surface area (Å²) in [5.74, 6) is -2.90. The van der Waals surface area contributed by atoms with E-state index in [9.17, 15) is 19.5 Å². The number of hydrogen-bond donors (Lipinski definition) is 3. The molecule has 2 aromatic rings. The Bertz CT molecular complexity index is 1120. The molecular weight excluding hydrogens is 412 g/mol. The minimum absolute atomic E-state index is 0.0536. The number of aliphatic carboxylic acids is 1. The van der Waals surface area contributed by atoms with Crippen LogP contribution in [0.5, 0.6) is 0 Å². The number of aryl methyl sites for hydroxylation is 2. The molecule has 1 aromatic heterocycles. The predicted molar refractivity (Wildman–Crippen MR) is 119 cm³/mol. The van der Waals surface area contributed by atoms with Gasteiger partial charge < -0.3 is 15.7 Å². The number of amides is 2. The third-order valence-corrected chi connectivity index (χ3v) is 8.03. The van der Waals surface area contributed by atoms with Gasteiger partial charge in [-0.1, -0.05) is 30.4 Å². The van der Waals surface area contributed by atoms with E-state index in [0.29, 0.717) is 17.0 Å². The lowest BCUT2D eigenvalue weighted by atomic mass is 9.82. The van der Waals surface area contributed by atoms with Gasteiger partial charge in [0.15, 0.2) is 0 Å². The number of carboxylic acids is 1. The van der Waals surface area contributed by atoms with Crippen LogP contribution < -0.4 is 10.6 Å². The highest BCUT2D eigenvalue weighted by atomic mass is 32.1. The average molecular weight is 437 g/mol. The highest BCUT2D eigenvalue weighted by molar-refractivity contribution is 7.17. The molecule has 2 bridgehead atoms. The van der Waals surface area contributed by atoms with Crippen molar-refractivity contribution >= 4 is 39.8 Å². The average Bonchev–Trinajstić information content (AvgIpc) is 3.49. The molecule has 7 heteroatoms. The number of hydrogen-bond acceptors (Lipinski definition) is 4. The van der Waals surface area contributed by atoms with Crippen molar-refractivity contribution in [2.24, 2.45) is 23.7 Å². The van der Waals surface area contributed by atoms with E-state index in [1.165, 1.54) is 11.3 Å². The summed E-state index contributed by atoms with van der Waals surface area (Å²) in [4.78, 5) is 39.4. The zero-order chi connectivity index (χ0) is 21.7. The molecule has 0 saturated heterocycles. The summed E-state index contributed by atoms with van der Waals surface area (Å²) in [6, 6.07) is 7.59. The van der Waals surface area contributed by atoms with Gasteiger partial charge >= 0.3 is 5.97 Å². The molecule has 0 spiro atoms. The number of rotatable bonds is 5. The van der Waals surface area contributed by atoms with Gasteiger partial charge in [-0.25, -0.2) is 0 Å². The second-order valence-electron chi connectivity index (χ2n) is 8.66. The van der Waals surface area contributed by atoms with Gasteiger partial charge in [0.1, 0.15) is 5.00 Å². The Balaban J connectivity index is 1.43. The Morgan fingerprint density at radius 3 is 2.52 bits per heavy atom. The Hall–Kier alpha value is -2.93. The number of benzene rings is 1. The van der Waals surface area contributed by atoms with Crippen molar-refractivity contribution in [3.8, 4) is 0 Å². The topological polar surface area (TPSA) is 95.5 Å². The van der Waals surface area contributed by atoms with Gasteiger partial charge in [-0.3, -0.25) is 14.4 Å². The van der Waals surface area contributed by atoms with E-state index in [-0.39, 0.29) is 23.7 Å². The highest BCUT2D eigenvalue weighted by Crippen LogP contribution is 2.49. The van der Waals surface area contributed by atoms with Crippen molar-refractivity contribution in [2.45, 2.75) is 32.6 Å². The van der Waals surface area contributed by atoms with Gasteiger partial charge in [-0.2, -0.15) is 0 Å². The summed E-state index contributed by atoms with van der Waals surface area (Å²) in [6.45, 7) is 1.94. The van der Waals surface area contributed by atoms with Crippen molar-refractivity contribution in [3.05, 3.63) is 58.0 Å². The Morgan fingerprint density at radius 1 is 1.03 bits per heavy atom. The smallest absolute Gasteiger partial charge is 0.307 e. The van der Waals surface area contributed by atoms with E-state index in [4.69, 9.17) is 0 Å². The molecule has 31 heavy (non-hydrogen) atoms. The lowest BCUT2D eigenvalue weighted by Gasteiger charge is -2.23. The van der Waals surface area contributed by atoms with Crippen LogP contribution in [-0.2, 0) is 22.4 Å². The van der Waals surface area contributed by atoms with Crippen LogP contribution in [0.3, 0.4) is 0 Å². The number of anilines is 2. The third kappa shape index (κ3) is 3.37. The first-order valence-corrected chi connectivity index (χ1v) is 11.5. The first-order chi connectivity index (χ1) is 14.9. The standard InChI is InChI=1S/C24H24N2O4S/c1-12-5-2-3-7-16(12)25-22(28)20-15-6-4-8-17(15)31-23(20)26-21(27)18-13-9-10-14(11-13)19(18)24(29)30/h2-3,5,7,9-10,13-14,18-19H,4,6,8,11H2,1H3,(H,25,28)(H,26,27)(H,29,30)/t13-,14-,18+,19+/m0/s1. The maximum Gasteiger partial charge on any atom is 0.307 e. The summed E-state index contributed by atoms with van der Waals surface area (Å²) in [5.41, 5.74) is 3.24. The highest BCUT2D eigenvalue weighted by Gasteiger charge is 2.51. The molecular formula is C24H24N2O4S. The van der Waals surface area contributed by atoms with Crippen LogP contribution in [0.1, 0.15) is 39.2 Å². The number of carbonyl (C=O) groups excluding carboxylic acids is 2. The van der Waals surface area contributed by atoms with E-state index >= 15 is 0 Å². The molecule has 3 aliphatic carbocycles. The normalized spacial score (nSPS) is 25.5. The molecule has 0 unspecified atom stereocenters. The lowest BCUT2D eigenvalue weighted by Crippen LogP contribution is -2.36. The van der Waals surface area contributed by atoms with Crippen LogP contribution in [0.15, 0.2) is 36.4 Å². The van der Waals surface area contributed by atoms with Gasteiger partial charge in [-0.15, -0.1) is 11.3 Å². The molecule has 5 rings (SSSR count). The second kappa shape index (κ2) is 7.64. The largest absolute Gasteiger partial charge is 0.481 e. The number of carbonyl (C=O) groups is 3. The van der Waals surface area contributed by atoms with E-state index in [2.05, 4.69) is 10.6 Å². The van der Waals surface area contributed by atoms with Crippen LogP contribution in [-0.4, -0.2) is 22.9 Å². The van der Waals surface area contributed by atoms with E-state index in [1.54, 1.807) is 0 Å². The number of allylic oxidation sites excluding steroid dienone is 2. The molecule has 1 fully saturated rings. The monoisotopic (exact) mass is 436 g/mol. The van der Waals surface area contributed by atoms with Gasteiger partial charge in [-0.05, 0) is 61.6 Å². The number of thiophene rings is 1. The molecule has 0 aliphatic heterocycles. The Labute approximate surface area is 184 Å². The minimum Gasteiger partial charge on any atom is -0.481 e. The zero-order valence-corrected chi connectivity index (χ0v) is 18.0. The van der Waals surface area contributed by atoms with Gasteiger partial charge in [0.05, 0.1) is 17.4 Å². The van der Waals surface area contributed by atoms with Crippen molar-refractivity contribution in [2.75, 3.05) is 10.6 Å². The first kappa shape index (κ1) is 20.0. The first-order valence-electron chi connectivity index (χ1n) is 10.7. The maximum atomic E-state index is 13.2. The van der Waals surface area contributed by atoms with E-state index in [0.717, 1.165) is 41.0 Å². The van der Waals surface area contributed by atoms with E-state index in [1.807, 2.05) is 43.3 Å². The molecule has 3 aliphatic rings. The zero-order valence-electron chi connectivity index (χ0n) is 17.2. The number of carboxylic acid groups (broad SMARTS) is 1. The van der Waals surface area contributed by atoms with Gasteiger partial charge in [0.25, 0.3) is 5.91 Å². The van der Waals surface area contributed by atoms with Crippen molar-refractivity contribution in [1.82, 2.24) is 0 Å². The maximum absolute atomic E-state index is 13.2. The fraction of sp³-hybridized carbons (Fsp3) is 0.375. The minimum atomic E-state index is -0.928. The van der Waals surface area contributed by atoms with Crippen LogP contribution in [0.2, 0.25) is 0 Å². The van der Waals surface area contributed by atoms with Crippen LogP contribution in [0, 0.1) is 30.6 Å². The van der Waals surface area contributed by atoms with E-state index < -0.39 is 17.8 Å². The molecule has 0 radical (unpaired) electrons.